The van der Waals surface area contributed by atoms with E-state index in [0.717, 1.165) is 14.9 Å². The van der Waals surface area contributed by atoms with Gasteiger partial charge in [0.25, 0.3) is 0 Å². The number of likely N-dealkylation sites (N-methyl/N-ethyl adjacent to an activating group) is 1. The molecule has 1 aromatic rings. The van der Waals surface area contributed by atoms with Gasteiger partial charge >= 0.3 is 12.0 Å². The zero-order chi connectivity index (χ0) is 14.8. The maximum atomic E-state index is 12.1. The van der Waals surface area contributed by atoms with E-state index in [1.165, 1.54) is 20.9 Å². The number of nitrogens with one attached hydrogen (secondary N) is 1. The second kappa shape index (κ2) is 5.61. The molecule has 1 rings (SSSR count). The van der Waals surface area contributed by atoms with Crippen LogP contribution in [0.2, 0.25) is 0 Å². The van der Waals surface area contributed by atoms with Crippen LogP contribution < -0.4 is 5.32 Å². The minimum absolute atomic E-state index is 0.464. The van der Waals surface area contributed by atoms with Gasteiger partial charge < -0.3 is 15.3 Å². The Morgan fingerprint density at radius 3 is 2.47 bits per heavy atom. The normalized spacial score (nSPS) is 11.0. The second-order valence-corrected chi connectivity index (χ2v) is 5.62. The molecule has 0 aliphatic carbocycles. The van der Waals surface area contributed by atoms with E-state index in [2.05, 4.69) is 21.2 Å². The van der Waals surface area contributed by atoms with E-state index in [0.29, 0.717) is 5.69 Å². The lowest BCUT2D eigenvalue weighted by Gasteiger charge is -2.31. The third-order valence-corrected chi connectivity index (χ3v) is 4.03. The molecule has 0 saturated carbocycles. The van der Waals surface area contributed by atoms with E-state index in [9.17, 15) is 9.59 Å². The highest BCUT2D eigenvalue weighted by Crippen LogP contribution is 2.24. The average molecular weight is 329 g/mol. The molecule has 0 bridgehead atoms. The summed E-state index contributed by atoms with van der Waals surface area (Å²) in [6.45, 7) is 4.81. The first-order chi connectivity index (χ1) is 8.67. The van der Waals surface area contributed by atoms with E-state index in [1.54, 1.807) is 12.1 Å². The number of hydrogen-bond acceptors (Lipinski definition) is 2. The van der Waals surface area contributed by atoms with E-state index < -0.39 is 17.5 Å². The summed E-state index contributed by atoms with van der Waals surface area (Å²) in [5, 5.41) is 11.8. The first-order valence-electron chi connectivity index (χ1n) is 5.71. The molecule has 0 saturated heterocycles. The maximum absolute atomic E-state index is 12.1. The maximum Gasteiger partial charge on any atom is 0.329 e. The molecule has 0 aliphatic heterocycles. The molecule has 2 amide bonds. The Morgan fingerprint density at radius 2 is 1.95 bits per heavy atom. The molecule has 0 aliphatic rings. The van der Waals surface area contributed by atoms with Crippen LogP contribution in [0.3, 0.4) is 0 Å². The zero-order valence-corrected chi connectivity index (χ0v) is 12.9. The van der Waals surface area contributed by atoms with E-state index in [4.69, 9.17) is 5.11 Å². The molecule has 0 heterocycles. The van der Waals surface area contributed by atoms with Gasteiger partial charge in [0.05, 0.1) is 0 Å². The van der Waals surface area contributed by atoms with Crippen molar-refractivity contribution < 1.29 is 14.7 Å². The number of carboxylic acid groups (broad SMARTS) is 1. The van der Waals surface area contributed by atoms with Gasteiger partial charge in [-0.05, 0) is 38.5 Å². The molecular weight excluding hydrogens is 312 g/mol. The summed E-state index contributed by atoms with van der Waals surface area (Å²) < 4.78 is 0.880. The summed E-state index contributed by atoms with van der Waals surface area (Å²) in [5.74, 6) is -1.06. The fourth-order valence-electron chi connectivity index (χ4n) is 1.34. The van der Waals surface area contributed by atoms with Gasteiger partial charge in [-0.15, -0.1) is 0 Å². The molecule has 0 spiro atoms. The summed E-state index contributed by atoms with van der Waals surface area (Å²) in [4.78, 5) is 24.3. The van der Waals surface area contributed by atoms with Gasteiger partial charge in [-0.3, -0.25) is 0 Å². The lowest BCUT2D eigenvalue weighted by molar-refractivity contribution is -0.146. The Labute approximate surface area is 120 Å². The Morgan fingerprint density at radius 1 is 1.37 bits per heavy atom. The fraction of sp³-hybridized carbons (Fsp3) is 0.385. The topological polar surface area (TPSA) is 69.6 Å². The van der Waals surface area contributed by atoms with Gasteiger partial charge in [-0.1, -0.05) is 22.0 Å². The second-order valence-electron chi connectivity index (χ2n) is 4.77. The summed E-state index contributed by atoms with van der Waals surface area (Å²) in [5.41, 5.74) is 0.258. The predicted octanol–water partition coefficient (Wildman–Crippen LogP) is 3.08. The molecular formula is C13H17BrN2O3. The molecule has 0 radical (unpaired) electrons. The molecule has 0 unspecified atom stereocenters. The number of nitrogens with zero attached hydrogens (tertiary/aromatic N) is 1. The molecule has 6 heteroatoms. The quantitative estimate of drug-likeness (QED) is 0.895. The number of urea groups is 1. The number of amides is 2. The highest BCUT2D eigenvalue weighted by molar-refractivity contribution is 9.10. The highest BCUT2D eigenvalue weighted by atomic mass is 79.9. The standard InChI is InChI=1S/C13H17BrN2O3/c1-8-9(14)6-5-7-10(8)15-12(19)16(4)13(2,3)11(17)18/h5-7H,1-4H3,(H,15,19)(H,17,18). The number of aliphatic carboxylic acids is 1. The Bertz CT molecular complexity index is 515. The minimum atomic E-state index is -1.27. The fourth-order valence-corrected chi connectivity index (χ4v) is 1.71. The van der Waals surface area contributed by atoms with Crippen LogP contribution in [0.15, 0.2) is 22.7 Å². The van der Waals surface area contributed by atoms with Gasteiger partial charge in [0.1, 0.15) is 5.54 Å². The van der Waals surface area contributed by atoms with Gasteiger partial charge in [0, 0.05) is 17.2 Å². The smallest absolute Gasteiger partial charge is 0.329 e. The van der Waals surface area contributed by atoms with Crippen molar-refractivity contribution in [1.82, 2.24) is 4.90 Å². The molecule has 0 aromatic heterocycles. The lowest BCUT2D eigenvalue weighted by atomic mass is 10.0. The molecule has 0 fully saturated rings. The van der Waals surface area contributed by atoms with Crippen molar-refractivity contribution in [3.8, 4) is 0 Å². The first kappa shape index (κ1) is 15.5. The summed E-state index contributed by atoms with van der Waals surface area (Å²) >= 11 is 3.38. The number of hydrogen-bond donors (Lipinski definition) is 2. The predicted molar refractivity (Wildman–Crippen MR) is 77.4 cm³/mol. The van der Waals surface area contributed by atoms with E-state index in [-0.39, 0.29) is 0 Å². The number of anilines is 1. The third kappa shape index (κ3) is 3.26. The molecule has 104 valence electrons. The van der Waals surface area contributed by atoms with Crippen molar-refractivity contribution in [2.24, 2.45) is 0 Å². The lowest BCUT2D eigenvalue weighted by Crippen LogP contribution is -2.52. The molecule has 1 aromatic carbocycles. The highest BCUT2D eigenvalue weighted by Gasteiger charge is 2.35. The summed E-state index contributed by atoms with van der Waals surface area (Å²) in [6, 6.07) is 4.97. The van der Waals surface area contributed by atoms with Crippen molar-refractivity contribution in [3.05, 3.63) is 28.2 Å². The first-order valence-corrected chi connectivity index (χ1v) is 6.50. The minimum Gasteiger partial charge on any atom is -0.480 e. The van der Waals surface area contributed by atoms with Gasteiger partial charge in [0.15, 0.2) is 0 Å². The number of halogens is 1. The van der Waals surface area contributed by atoms with E-state index in [1.807, 2.05) is 13.0 Å². The van der Waals surface area contributed by atoms with Crippen LogP contribution in [0.4, 0.5) is 10.5 Å². The van der Waals surface area contributed by atoms with Crippen LogP contribution in [-0.4, -0.2) is 34.6 Å². The Hall–Kier alpha value is -1.56. The molecule has 19 heavy (non-hydrogen) atoms. The molecule has 2 N–H and O–H groups in total. The van der Waals surface area contributed by atoms with Crippen molar-refractivity contribution in [2.45, 2.75) is 26.3 Å². The van der Waals surface area contributed by atoms with Crippen molar-refractivity contribution in [3.63, 3.8) is 0 Å². The van der Waals surface area contributed by atoms with Crippen LogP contribution in [-0.2, 0) is 4.79 Å². The number of carbonyl (C=O) groups excluding carboxylic acids is 1. The van der Waals surface area contributed by atoms with Crippen LogP contribution in [0.5, 0.6) is 0 Å². The number of carbonyl (C=O) groups is 2. The zero-order valence-electron chi connectivity index (χ0n) is 11.3. The van der Waals surface area contributed by atoms with Crippen LogP contribution >= 0.6 is 15.9 Å². The van der Waals surface area contributed by atoms with Crippen LogP contribution in [0, 0.1) is 6.92 Å². The van der Waals surface area contributed by atoms with Crippen molar-refractivity contribution in [2.75, 3.05) is 12.4 Å². The van der Waals surface area contributed by atoms with Crippen molar-refractivity contribution >= 4 is 33.6 Å². The summed E-state index contributed by atoms with van der Waals surface area (Å²) in [7, 11) is 1.46. The largest absolute Gasteiger partial charge is 0.480 e. The summed E-state index contributed by atoms with van der Waals surface area (Å²) in [6.07, 6.45) is 0. The van der Waals surface area contributed by atoms with Gasteiger partial charge in [-0.2, -0.15) is 0 Å². The van der Waals surface area contributed by atoms with Crippen LogP contribution in [0.1, 0.15) is 19.4 Å². The monoisotopic (exact) mass is 328 g/mol. The van der Waals surface area contributed by atoms with E-state index >= 15 is 0 Å². The number of carboxylic acids is 1. The molecule has 5 nitrogen and oxygen atoms in total. The van der Waals surface area contributed by atoms with Gasteiger partial charge in [0.2, 0.25) is 0 Å². The van der Waals surface area contributed by atoms with Crippen LogP contribution in [0.25, 0.3) is 0 Å². The third-order valence-electron chi connectivity index (χ3n) is 3.18. The SMILES string of the molecule is Cc1c(Br)cccc1NC(=O)N(C)C(C)(C)C(=O)O. The molecule has 0 atom stereocenters. The number of rotatable bonds is 3. The Kier molecular flexibility index (Phi) is 4.57. The van der Waals surface area contributed by atoms with Gasteiger partial charge in [-0.25, -0.2) is 9.59 Å². The van der Waals surface area contributed by atoms with Crippen molar-refractivity contribution in [1.29, 1.82) is 0 Å². The number of benzene rings is 1. The Balaban J connectivity index is 2.92. The average Bonchev–Trinajstić information content (AvgIpc) is 2.33.